The van der Waals surface area contributed by atoms with Gasteiger partial charge in [0, 0.05) is 56.3 Å². The first-order chi connectivity index (χ1) is 11.7. The molecule has 0 bridgehead atoms. The number of carbonyl (C=O) groups is 1. The molecule has 0 radical (unpaired) electrons. The Bertz CT molecular complexity index is 753. The Morgan fingerprint density at radius 1 is 1.17 bits per heavy atom. The number of aromatic nitrogens is 1. The van der Waals surface area contributed by atoms with Crippen molar-refractivity contribution >= 4 is 16.8 Å². The van der Waals surface area contributed by atoms with Gasteiger partial charge in [0.2, 0.25) is 5.91 Å². The van der Waals surface area contributed by atoms with E-state index in [1.54, 1.807) is 12.1 Å². The van der Waals surface area contributed by atoms with Gasteiger partial charge in [0.05, 0.1) is 5.52 Å². The van der Waals surface area contributed by atoms with Crippen LogP contribution in [0.15, 0.2) is 30.5 Å². The second-order valence-electron chi connectivity index (χ2n) is 6.92. The second-order valence-corrected chi connectivity index (χ2v) is 6.92. The number of benzene rings is 1. The zero-order valence-electron chi connectivity index (χ0n) is 13.8. The Balaban J connectivity index is 1.38. The summed E-state index contributed by atoms with van der Waals surface area (Å²) < 4.78 is 0. The number of nitrogens with zero attached hydrogens (tertiary/aromatic N) is 3. The van der Waals surface area contributed by atoms with Gasteiger partial charge in [0.1, 0.15) is 5.75 Å². The summed E-state index contributed by atoms with van der Waals surface area (Å²) >= 11 is 0. The number of hydrogen-bond acceptors (Lipinski definition) is 4. The summed E-state index contributed by atoms with van der Waals surface area (Å²) in [6.07, 6.45) is 5.80. The van der Waals surface area contributed by atoms with Crippen LogP contribution in [-0.2, 0) is 11.3 Å². The Labute approximate surface area is 141 Å². The third-order valence-corrected chi connectivity index (χ3v) is 5.24. The molecule has 2 fully saturated rings. The first-order valence-corrected chi connectivity index (χ1v) is 8.78. The molecule has 2 aromatic rings. The lowest BCUT2D eigenvalue weighted by Gasteiger charge is -2.36. The normalized spacial score (nSPS) is 20.2. The van der Waals surface area contributed by atoms with E-state index in [9.17, 15) is 9.90 Å². The minimum Gasteiger partial charge on any atom is -0.508 e. The lowest BCUT2D eigenvalue weighted by Crippen LogP contribution is -2.45. The molecular weight excluding hydrogens is 302 g/mol. The molecule has 2 aliphatic rings. The quantitative estimate of drug-likeness (QED) is 0.942. The van der Waals surface area contributed by atoms with Crippen molar-refractivity contribution in [2.45, 2.75) is 38.3 Å². The Morgan fingerprint density at radius 3 is 2.75 bits per heavy atom. The third-order valence-electron chi connectivity index (χ3n) is 5.24. The number of fused-ring (bicyclic) bond motifs is 1. The molecule has 126 valence electrons. The van der Waals surface area contributed by atoms with Crippen LogP contribution >= 0.6 is 0 Å². The van der Waals surface area contributed by atoms with Gasteiger partial charge in [-0.05, 0) is 43.0 Å². The summed E-state index contributed by atoms with van der Waals surface area (Å²) in [5, 5.41) is 10.6. The molecule has 1 amide bonds. The van der Waals surface area contributed by atoms with Crippen LogP contribution in [0, 0.1) is 0 Å². The number of phenolic OH excluding ortho intramolecular Hbond substituents is 1. The molecule has 0 spiro atoms. The van der Waals surface area contributed by atoms with Gasteiger partial charge in [-0.15, -0.1) is 0 Å². The molecule has 0 aliphatic carbocycles. The largest absolute Gasteiger partial charge is 0.508 e. The molecule has 5 heteroatoms. The summed E-state index contributed by atoms with van der Waals surface area (Å²) in [5.41, 5.74) is 2.02. The lowest BCUT2D eigenvalue weighted by atomic mass is 10.0. The molecule has 3 heterocycles. The maximum Gasteiger partial charge on any atom is 0.222 e. The average Bonchev–Trinajstić information content (AvgIpc) is 3.02. The highest BCUT2D eigenvalue weighted by Gasteiger charge is 2.30. The zero-order valence-corrected chi connectivity index (χ0v) is 13.8. The van der Waals surface area contributed by atoms with Crippen molar-refractivity contribution in [3.63, 3.8) is 0 Å². The van der Waals surface area contributed by atoms with E-state index in [4.69, 9.17) is 0 Å². The minimum absolute atomic E-state index is 0.251. The van der Waals surface area contributed by atoms with Gasteiger partial charge >= 0.3 is 0 Å². The summed E-state index contributed by atoms with van der Waals surface area (Å²) in [5.74, 6) is 0.594. The fourth-order valence-corrected chi connectivity index (χ4v) is 3.94. The van der Waals surface area contributed by atoms with E-state index in [0.717, 1.165) is 62.8 Å². The Morgan fingerprint density at radius 2 is 2.00 bits per heavy atom. The van der Waals surface area contributed by atoms with Crippen molar-refractivity contribution in [3.05, 3.63) is 36.0 Å². The van der Waals surface area contributed by atoms with E-state index in [0.29, 0.717) is 11.9 Å². The van der Waals surface area contributed by atoms with Crippen LogP contribution < -0.4 is 0 Å². The molecule has 1 aromatic heterocycles. The smallest absolute Gasteiger partial charge is 0.222 e. The highest BCUT2D eigenvalue weighted by molar-refractivity contribution is 5.80. The number of carbonyl (C=O) groups excluding carboxylic acids is 1. The van der Waals surface area contributed by atoms with Crippen molar-refractivity contribution in [2.24, 2.45) is 0 Å². The molecule has 1 N–H and O–H groups in total. The molecule has 2 saturated heterocycles. The fraction of sp³-hybridized carbons (Fsp3) is 0.474. The zero-order chi connectivity index (χ0) is 16.5. The molecule has 24 heavy (non-hydrogen) atoms. The SMILES string of the molecule is O=C1CCCN1C1CCN(Cc2cnc3cc(O)ccc3c2)CC1. The van der Waals surface area contributed by atoms with Gasteiger partial charge in [-0.25, -0.2) is 0 Å². The number of pyridine rings is 1. The van der Waals surface area contributed by atoms with E-state index >= 15 is 0 Å². The van der Waals surface area contributed by atoms with Crippen molar-refractivity contribution in [1.82, 2.24) is 14.8 Å². The highest BCUT2D eigenvalue weighted by Crippen LogP contribution is 2.24. The van der Waals surface area contributed by atoms with Gasteiger partial charge < -0.3 is 10.0 Å². The summed E-state index contributed by atoms with van der Waals surface area (Å²) in [4.78, 5) is 20.9. The first kappa shape index (κ1) is 15.4. The second kappa shape index (κ2) is 6.40. The molecule has 5 nitrogen and oxygen atoms in total. The molecule has 2 aliphatic heterocycles. The van der Waals surface area contributed by atoms with Gasteiger partial charge in [0.25, 0.3) is 0 Å². The number of phenols is 1. The Hall–Kier alpha value is -2.14. The average molecular weight is 325 g/mol. The number of rotatable bonds is 3. The maximum atomic E-state index is 11.9. The first-order valence-electron chi connectivity index (χ1n) is 8.78. The fourth-order valence-electron chi connectivity index (χ4n) is 3.94. The molecule has 4 rings (SSSR count). The highest BCUT2D eigenvalue weighted by atomic mass is 16.3. The molecule has 1 aromatic carbocycles. The number of likely N-dealkylation sites (tertiary alicyclic amines) is 2. The summed E-state index contributed by atoms with van der Waals surface area (Å²) in [6.45, 7) is 3.90. The monoisotopic (exact) mass is 325 g/mol. The molecule has 0 saturated carbocycles. The molecule has 0 unspecified atom stereocenters. The third kappa shape index (κ3) is 3.08. The van der Waals surface area contributed by atoms with Gasteiger partial charge in [-0.3, -0.25) is 14.7 Å². The predicted octanol–water partition coefficient (Wildman–Crippen LogP) is 2.53. The topological polar surface area (TPSA) is 56.7 Å². The lowest BCUT2D eigenvalue weighted by molar-refractivity contribution is -0.130. The van der Waals surface area contributed by atoms with E-state index in [1.807, 2.05) is 12.3 Å². The number of amides is 1. The molecular formula is C19H23N3O2. The van der Waals surface area contributed by atoms with Gasteiger partial charge in [-0.1, -0.05) is 0 Å². The van der Waals surface area contributed by atoms with Crippen LogP contribution in [0.1, 0.15) is 31.2 Å². The van der Waals surface area contributed by atoms with Gasteiger partial charge in [-0.2, -0.15) is 0 Å². The standard InChI is InChI=1S/C19H23N3O2/c23-17-4-3-15-10-14(12-20-18(15)11-17)13-21-8-5-16(6-9-21)22-7-1-2-19(22)24/h3-4,10-12,16,23H,1-2,5-9,13H2. The van der Waals surface area contributed by atoms with Crippen molar-refractivity contribution in [3.8, 4) is 5.75 Å². The van der Waals surface area contributed by atoms with Crippen LogP contribution in [0.3, 0.4) is 0 Å². The van der Waals surface area contributed by atoms with Crippen molar-refractivity contribution in [2.75, 3.05) is 19.6 Å². The summed E-state index contributed by atoms with van der Waals surface area (Å²) in [7, 11) is 0. The minimum atomic E-state index is 0.251. The number of piperidine rings is 1. The summed E-state index contributed by atoms with van der Waals surface area (Å²) in [6, 6.07) is 7.89. The number of aromatic hydroxyl groups is 1. The maximum absolute atomic E-state index is 11.9. The van der Waals surface area contributed by atoms with E-state index in [-0.39, 0.29) is 5.75 Å². The van der Waals surface area contributed by atoms with Crippen molar-refractivity contribution in [1.29, 1.82) is 0 Å². The number of hydrogen-bond donors (Lipinski definition) is 1. The predicted molar refractivity (Wildman–Crippen MR) is 92.7 cm³/mol. The van der Waals surface area contributed by atoms with Crippen LogP contribution in [0.2, 0.25) is 0 Å². The Kier molecular flexibility index (Phi) is 4.10. The van der Waals surface area contributed by atoms with Gasteiger partial charge in [0.15, 0.2) is 0 Å². The molecule has 0 atom stereocenters. The van der Waals surface area contributed by atoms with Crippen molar-refractivity contribution < 1.29 is 9.90 Å². The van der Waals surface area contributed by atoms with E-state index in [2.05, 4.69) is 20.9 Å². The van der Waals surface area contributed by atoms with Crippen LogP contribution in [0.4, 0.5) is 0 Å². The van der Waals surface area contributed by atoms with Crippen LogP contribution in [0.25, 0.3) is 10.9 Å². The van der Waals surface area contributed by atoms with E-state index < -0.39 is 0 Å². The van der Waals surface area contributed by atoms with Crippen LogP contribution in [-0.4, -0.2) is 51.5 Å². The van der Waals surface area contributed by atoms with Crippen LogP contribution in [0.5, 0.6) is 5.75 Å². The van der Waals surface area contributed by atoms with E-state index in [1.165, 1.54) is 5.56 Å².